The molecule has 1 saturated heterocycles. The van der Waals surface area contributed by atoms with Crippen molar-refractivity contribution < 1.29 is 4.79 Å². The first-order chi connectivity index (χ1) is 9.00. The van der Waals surface area contributed by atoms with Crippen molar-refractivity contribution in [2.45, 2.75) is 39.2 Å². The van der Waals surface area contributed by atoms with Gasteiger partial charge < -0.3 is 10.6 Å². The Morgan fingerprint density at radius 3 is 2.75 bits per heavy atom. The van der Waals surface area contributed by atoms with E-state index in [1.54, 1.807) is 0 Å². The first-order valence-electron chi connectivity index (χ1n) is 6.76. The van der Waals surface area contributed by atoms with Gasteiger partial charge in [-0.05, 0) is 47.3 Å². The Kier molecular flexibility index (Phi) is 6.48. The third kappa shape index (κ3) is 3.74. The van der Waals surface area contributed by atoms with Crippen molar-refractivity contribution >= 4 is 34.2 Å². The van der Waals surface area contributed by atoms with E-state index in [1.807, 2.05) is 0 Å². The smallest absolute Gasteiger partial charge is 0.273 e. The molecule has 114 valence electrons. The number of halogens is 2. The molecule has 20 heavy (non-hydrogen) atoms. The Labute approximate surface area is 134 Å². The highest BCUT2D eigenvalue weighted by molar-refractivity contribution is 9.10. The van der Waals surface area contributed by atoms with Crippen molar-refractivity contribution in [2.75, 3.05) is 13.1 Å². The zero-order valence-electron chi connectivity index (χ0n) is 12.0. The van der Waals surface area contributed by atoms with E-state index in [0.717, 1.165) is 29.7 Å². The Balaban J connectivity index is 0.00000200. The van der Waals surface area contributed by atoms with Gasteiger partial charge in [-0.15, -0.1) is 12.4 Å². The van der Waals surface area contributed by atoms with Gasteiger partial charge in [0.1, 0.15) is 0 Å². The molecule has 5 nitrogen and oxygen atoms in total. The Morgan fingerprint density at radius 1 is 1.50 bits per heavy atom. The second-order valence-corrected chi connectivity index (χ2v) is 6.30. The fourth-order valence-electron chi connectivity index (χ4n) is 2.34. The summed E-state index contributed by atoms with van der Waals surface area (Å²) in [7, 11) is 0. The number of hydrogen-bond acceptors (Lipinski definition) is 3. The van der Waals surface area contributed by atoms with Crippen molar-refractivity contribution in [2.24, 2.45) is 5.92 Å². The number of H-pyrrole nitrogens is 1. The largest absolute Gasteiger partial charge is 0.348 e. The molecule has 2 unspecified atom stereocenters. The van der Waals surface area contributed by atoms with Crippen LogP contribution in [0.4, 0.5) is 0 Å². The molecule has 2 rings (SSSR count). The second-order valence-electron chi connectivity index (χ2n) is 5.50. The summed E-state index contributed by atoms with van der Waals surface area (Å²) in [6, 6.07) is 0.222. The zero-order chi connectivity index (χ0) is 14.0. The minimum absolute atomic E-state index is 0. The molecule has 0 aromatic carbocycles. The molecule has 1 fully saturated rings. The average Bonchev–Trinajstić information content (AvgIpc) is 2.74. The van der Waals surface area contributed by atoms with Gasteiger partial charge >= 0.3 is 0 Å². The second kappa shape index (κ2) is 7.43. The van der Waals surface area contributed by atoms with E-state index in [0.29, 0.717) is 17.5 Å². The summed E-state index contributed by atoms with van der Waals surface area (Å²) in [5.74, 6) is 0.648. The van der Waals surface area contributed by atoms with Gasteiger partial charge in [-0.3, -0.25) is 9.89 Å². The Hall–Kier alpha value is -0.590. The van der Waals surface area contributed by atoms with Crippen LogP contribution in [0.5, 0.6) is 0 Å². The molecule has 2 heterocycles. The molecule has 0 radical (unpaired) electrons. The molecule has 2 atom stereocenters. The predicted molar refractivity (Wildman–Crippen MR) is 85.5 cm³/mol. The summed E-state index contributed by atoms with van der Waals surface area (Å²) in [5, 5.41) is 13.5. The van der Waals surface area contributed by atoms with Crippen LogP contribution in [0.25, 0.3) is 0 Å². The molecule has 0 saturated carbocycles. The molecular formula is C13H22BrClN4O. The monoisotopic (exact) mass is 364 g/mol. The number of hydrogen-bond donors (Lipinski definition) is 3. The van der Waals surface area contributed by atoms with Crippen molar-refractivity contribution in [1.29, 1.82) is 0 Å². The minimum atomic E-state index is -0.103. The number of nitrogens with one attached hydrogen (secondary N) is 3. The molecule has 0 spiro atoms. The van der Waals surface area contributed by atoms with Gasteiger partial charge in [0.2, 0.25) is 0 Å². The molecule has 0 aliphatic carbocycles. The lowest BCUT2D eigenvalue weighted by molar-refractivity contribution is 0.0908. The van der Waals surface area contributed by atoms with Gasteiger partial charge in [-0.1, -0.05) is 20.8 Å². The third-order valence-electron chi connectivity index (χ3n) is 3.63. The number of carbonyl (C=O) groups excluding carboxylic acids is 1. The lowest BCUT2D eigenvalue weighted by atomic mass is 9.95. The van der Waals surface area contributed by atoms with Crippen molar-refractivity contribution in [3.05, 3.63) is 15.9 Å². The van der Waals surface area contributed by atoms with Gasteiger partial charge in [0.05, 0.1) is 10.2 Å². The first kappa shape index (κ1) is 17.5. The summed E-state index contributed by atoms with van der Waals surface area (Å²) < 4.78 is 0.779. The normalized spacial score (nSPS) is 22.4. The zero-order valence-corrected chi connectivity index (χ0v) is 14.4. The Bertz CT molecular complexity index is 463. The summed E-state index contributed by atoms with van der Waals surface area (Å²) >= 11 is 3.47. The lowest BCUT2D eigenvalue weighted by Gasteiger charge is -2.29. The van der Waals surface area contributed by atoms with Crippen LogP contribution in [0.1, 0.15) is 49.3 Å². The predicted octanol–water partition coefficient (Wildman–Crippen LogP) is 2.45. The van der Waals surface area contributed by atoms with Gasteiger partial charge in [-0.25, -0.2) is 0 Å². The van der Waals surface area contributed by atoms with Crippen LogP contribution in [0.15, 0.2) is 4.47 Å². The van der Waals surface area contributed by atoms with E-state index in [1.165, 1.54) is 0 Å². The van der Waals surface area contributed by atoms with Crippen LogP contribution < -0.4 is 10.6 Å². The van der Waals surface area contributed by atoms with E-state index in [-0.39, 0.29) is 24.4 Å². The standard InChI is InChI=1S/C13H21BrN4O.ClH/c1-7(2)11-10(14)12(18-17-11)13(19)16-9-4-5-15-6-8(9)3;/h7-9,15H,4-6H2,1-3H3,(H,16,19)(H,17,18);1H. The quantitative estimate of drug-likeness (QED) is 0.770. The number of rotatable bonds is 3. The van der Waals surface area contributed by atoms with Crippen LogP contribution in [-0.4, -0.2) is 35.2 Å². The number of amides is 1. The van der Waals surface area contributed by atoms with E-state index in [2.05, 4.69) is 57.5 Å². The maximum Gasteiger partial charge on any atom is 0.273 e. The topological polar surface area (TPSA) is 69.8 Å². The van der Waals surface area contributed by atoms with E-state index in [9.17, 15) is 4.79 Å². The highest BCUT2D eigenvalue weighted by Gasteiger charge is 2.26. The fraction of sp³-hybridized carbons (Fsp3) is 0.692. The number of nitrogens with zero attached hydrogens (tertiary/aromatic N) is 1. The molecule has 1 aliphatic rings. The molecule has 0 bridgehead atoms. The SMILES string of the molecule is CC(C)c1[nH]nc(C(=O)NC2CCNCC2C)c1Br.Cl. The molecule has 1 aromatic rings. The fourth-order valence-corrected chi connectivity index (χ4v) is 3.16. The lowest BCUT2D eigenvalue weighted by Crippen LogP contribution is -2.48. The maximum atomic E-state index is 12.3. The van der Waals surface area contributed by atoms with Crippen molar-refractivity contribution in [3.8, 4) is 0 Å². The summed E-state index contributed by atoms with van der Waals surface area (Å²) in [4.78, 5) is 12.3. The molecule has 3 N–H and O–H groups in total. The van der Waals surface area contributed by atoms with Gasteiger partial charge in [0.15, 0.2) is 5.69 Å². The van der Waals surface area contributed by atoms with Gasteiger partial charge in [-0.2, -0.15) is 5.10 Å². The van der Waals surface area contributed by atoms with Crippen LogP contribution in [0.3, 0.4) is 0 Å². The molecule has 1 amide bonds. The summed E-state index contributed by atoms with van der Waals surface area (Å²) in [6.07, 6.45) is 0.964. The number of piperidine rings is 1. The van der Waals surface area contributed by atoms with E-state index in [4.69, 9.17) is 0 Å². The number of carbonyl (C=O) groups is 1. The van der Waals surface area contributed by atoms with Crippen LogP contribution in [0.2, 0.25) is 0 Å². The van der Waals surface area contributed by atoms with Crippen molar-refractivity contribution in [1.82, 2.24) is 20.8 Å². The summed E-state index contributed by atoms with van der Waals surface area (Å²) in [6.45, 7) is 8.18. The van der Waals surface area contributed by atoms with E-state index >= 15 is 0 Å². The highest BCUT2D eigenvalue weighted by Crippen LogP contribution is 2.25. The average molecular weight is 366 g/mol. The van der Waals surface area contributed by atoms with Crippen molar-refractivity contribution in [3.63, 3.8) is 0 Å². The van der Waals surface area contributed by atoms with E-state index < -0.39 is 0 Å². The third-order valence-corrected chi connectivity index (χ3v) is 4.43. The van der Waals surface area contributed by atoms with Gasteiger partial charge in [0, 0.05) is 6.04 Å². The van der Waals surface area contributed by atoms with Crippen LogP contribution in [0, 0.1) is 5.92 Å². The van der Waals surface area contributed by atoms with Crippen LogP contribution in [-0.2, 0) is 0 Å². The summed E-state index contributed by atoms with van der Waals surface area (Å²) in [5.41, 5.74) is 1.41. The van der Waals surface area contributed by atoms with Crippen LogP contribution >= 0.6 is 28.3 Å². The molecule has 7 heteroatoms. The first-order valence-corrected chi connectivity index (χ1v) is 7.55. The van der Waals surface area contributed by atoms with Gasteiger partial charge in [0.25, 0.3) is 5.91 Å². The minimum Gasteiger partial charge on any atom is -0.348 e. The molecule has 1 aromatic heterocycles. The molecule has 1 aliphatic heterocycles. The maximum absolute atomic E-state index is 12.3. The number of aromatic nitrogens is 2. The molecular weight excluding hydrogens is 344 g/mol. The number of aromatic amines is 1. The highest BCUT2D eigenvalue weighted by atomic mass is 79.9. The Morgan fingerprint density at radius 2 is 2.20 bits per heavy atom.